The Morgan fingerprint density at radius 1 is 0.966 bits per heavy atom. The molecule has 7 nitrogen and oxygen atoms in total. The minimum Gasteiger partial charge on any atom is -0.424 e. The number of hydrogen-bond donors (Lipinski definition) is 0. The lowest BCUT2D eigenvalue weighted by Gasteiger charge is -2.33. The van der Waals surface area contributed by atoms with E-state index in [0.717, 1.165) is 55.6 Å². The van der Waals surface area contributed by atoms with Crippen LogP contribution in [0.4, 0.5) is 0 Å². The van der Waals surface area contributed by atoms with Gasteiger partial charge in [-0.25, -0.2) is 0 Å². The summed E-state index contributed by atoms with van der Waals surface area (Å²) in [6.07, 6.45) is 1.57. The molecule has 0 bridgehead atoms. The lowest BCUT2D eigenvalue weighted by Crippen LogP contribution is -2.45. The summed E-state index contributed by atoms with van der Waals surface area (Å²) in [5, 5.41) is 13.7. The first-order valence-corrected chi connectivity index (χ1v) is 10.5. The number of aromatic nitrogens is 4. The average molecular weight is 415 g/mol. The zero-order chi connectivity index (χ0) is 20.2. The van der Waals surface area contributed by atoms with E-state index in [2.05, 4.69) is 44.2 Å². The molecule has 29 heavy (non-hydrogen) atoms. The Hall–Kier alpha value is -2.22. The lowest BCUT2D eigenvalue weighted by atomic mass is 10.2. The third-order valence-electron chi connectivity index (χ3n) is 5.40. The molecule has 8 heteroatoms. The predicted octanol–water partition coefficient (Wildman–Crippen LogP) is 2.93. The highest BCUT2D eigenvalue weighted by Crippen LogP contribution is 2.22. The number of nitrogens with zero attached hydrogens (tertiary/aromatic N) is 6. The predicted molar refractivity (Wildman–Crippen MR) is 112 cm³/mol. The van der Waals surface area contributed by atoms with E-state index in [-0.39, 0.29) is 0 Å². The molecule has 4 rings (SSSR count). The van der Waals surface area contributed by atoms with Crippen LogP contribution in [0.15, 0.2) is 34.7 Å². The minimum atomic E-state index is 0.670. The molecule has 1 aliphatic rings. The molecule has 3 aromatic rings. The molecule has 1 aromatic carbocycles. The molecule has 0 saturated carbocycles. The van der Waals surface area contributed by atoms with Gasteiger partial charge in [-0.15, -0.1) is 10.2 Å². The van der Waals surface area contributed by atoms with Crippen molar-refractivity contribution in [1.29, 1.82) is 0 Å². The molecule has 0 atom stereocenters. The minimum absolute atomic E-state index is 0.670. The van der Waals surface area contributed by atoms with Crippen LogP contribution in [0.2, 0.25) is 5.15 Å². The number of piperazine rings is 1. The van der Waals surface area contributed by atoms with E-state index >= 15 is 0 Å². The first-order chi connectivity index (χ1) is 14.1. The van der Waals surface area contributed by atoms with Crippen molar-refractivity contribution in [2.75, 3.05) is 26.2 Å². The molecule has 154 valence electrons. The number of halogens is 1. The van der Waals surface area contributed by atoms with Crippen LogP contribution in [0.25, 0.3) is 0 Å². The van der Waals surface area contributed by atoms with Gasteiger partial charge in [0, 0.05) is 45.3 Å². The van der Waals surface area contributed by atoms with Gasteiger partial charge in [-0.1, -0.05) is 48.9 Å². The standard InChI is InChI=1S/C21H27ClN6O/c1-3-18-17(21(22)26(2)25-18)14-27-9-11-28(12-10-27)15-20-24-23-19(29-20)13-16-7-5-4-6-8-16/h4-8H,3,9-15H2,1-2H3. The van der Waals surface area contributed by atoms with Gasteiger partial charge in [-0.05, 0) is 12.0 Å². The molecule has 0 N–H and O–H groups in total. The Morgan fingerprint density at radius 3 is 2.31 bits per heavy atom. The summed E-state index contributed by atoms with van der Waals surface area (Å²) in [6.45, 7) is 7.58. The van der Waals surface area contributed by atoms with Crippen molar-refractivity contribution in [3.8, 4) is 0 Å². The van der Waals surface area contributed by atoms with Crippen LogP contribution in [-0.4, -0.2) is 56.0 Å². The summed E-state index contributed by atoms with van der Waals surface area (Å²) >= 11 is 6.44. The van der Waals surface area contributed by atoms with Crippen LogP contribution in [0.3, 0.4) is 0 Å². The third-order valence-corrected chi connectivity index (χ3v) is 5.87. The van der Waals surface area contributed by atoms with Crippen LogP contribution in [0.5, 0.6) is 0 Å². The highest BCUT2D eigenvalue weighted by Gasteiger charge is 2.22. The normalized spacial score (nSPS) is 15.8. The number of benzene rings is 1. The fraction of sp³-hybridized carbons (Fsp3) is 0.476. The molecule has 0 amide bonds. The maximum Gasteiger partial charge on any atom is 0.230 e. The fourth-order valence-corrected chi connectivity index (χ4v) is 3.96. The Morgan fingerprint density at radius 2 is 1.62 bits per heavy atom. The van der Waals surface area contributed by atoms with Crippen molar-refractivity contribution < 1.29 is 4.42 Å². The third kappa shape index (κ3) is 4.86. The molecule has 1 saturated heterocycles. The van der Waals surface area contributed by atoms with Crippen molar-refractivity contribution in [3.63, 3.8) is 0 Å². The quantitative estimate of drug-likeness (QED) is 0.592. The number of rotatable bonds is 7. The van der Waals surface area contributed by atoms with Crippen molar-refractivity contribution in [3.05, 3.63) is 64.1 Å². The first-order valence-electron chi connectivity index (χ1n) is 10.1. The van der Waals surface area contributed by atoms with Crippen LogP contribution in [-0.2, 0) is 33.0 Å². The molecule has 0 spiro atoms. The zero-order valence-corrected chi connectivity index (χ0v) is 17.8. The molecule has 2 aromatic heterocycles. The van der Waals surface area contributed by atoms with E-state index in [4.69, 9.17) is 16.0 Å². The van der Waals surface area contributed by atoms with Gasteiger partial charge in [0.15, 0.2) is 0 Å². The molecular weight excluding hydrogens is 388 g/mol. The van der Waals surface area contributed by atoms with Gasteiger partial charge >= 0.3 is 0 Å². The van der Waals surface area contributed by atoms with Gasteiger partial charge in [-0.3, -0.25) is 14.5 Å². The maximum absolute atomic E-state index is 6.44. The summed E-state index contributed by atoms with van der Waals surface area (Å²) in [5.41, 5.74) is 3.43. The van der Waals surface area contributed by atoms with E-state index < -0.39 is 0 Å². The van der Waals surface area contributed by atoms with Gasteiger partial charge in [-0.2, -0.15) is 5.10 Å². The van der Waals surface area contributed by atoms with Gasteiger partial charge in [0.2, 0.25) is 11.8 Å². The van der Waals surface area contributed by atoms with Crippen molar-refractivity contribution >= 4 is 11.6 Å². The smallest absolute Gasteiger partial charge is 0.230 e. The van der Waals surface area contributed by atoms with Crippen LogP contribution < -0.4 is 0 Å². The van der Waals surface area contributed by atoms with Crippen LogP contribution in [0, 0.1) is 0 Å². The van der Waals surface area contributed by atoms with Gasteiger partial charge < -0.3 is 4.42 Å². The van der Waals surface area contributed by atoms with Crippen LogP contribution >= 0.6 is 11.6 Å². The average Bonchev–Trinajstić information content (AvgIpc) is 3.29. The Kier molecular flexibility index (Phi) is 6.28. The summed E-state index contributed by atoms with van der Waals surface area (Å²) in [4.78, 5) is 4.80. The summed E-state index contributed by atoms with van der Waals surface area (Å²) < 4.78 is 7.63. The first kappa shape index (κ1) is 20.1. The lowest BCUT2D eigenvalue weighted by molar-refractivity contribution is 0.114. The second kappa shape index (κ2) is 9.07. The molecular formula is C21H27ClN6O. The fourth-order valence-electron chi connectivity index (χ4n) is 3.75. The van der Waals surface area contributed by atoms with Crippen molar-refractivity contribution in [1.82, 2.24) is 29.8 Å². The molecule has 1 aliphatic heterocycles. The Balaban J connectivity index is 1.28. The van der Waals surface area contributed by atoms with E-state index in [1.54, 1.807) is 4.68 Å². The number of hydrogen-bond acceptors (Lipinski definition) is 6. The monoisotopic (exact) mass is 414 g/mol. The van der Waals surface area contributed by atoms with Crippen molar-refractivity contribution in [2.45, 2.75) is 32.9 Å². The topological polar surface area (TPSA) is 63.2 Å². The highest BCUT2D eigenvalue weighted by atomic mass is 35.5. The van der Waals surface area contributed by atoms with E-state index in [0.29, 0.717) is 24.7 Å². The summed E-state index contributed by atoms with van der Waals surface area (Å²) in [7, 11) is 1.90. The van der Waals surface area contributed by atoms with Crippen LogP contribution in [0.1, 0.15) is 35.5 Å². The molecule has 0 aliphatic carbocycles. The molecule has 1 fully saturated rings. The van der Waals surface area contributed by atoms with Gasteiger partial charge in [0.1, 0.15) is 5.15 Å². The zero-order valence-electron chi connectivity index (χ0n) is 17.0. The van der Waals surface area contributed by atoms with Gasteiger partial charge in [0.05, 0.1) is 18.7 Å². The van der Waals surface area contributed by atoms with E-state index in [9.17, 15) is 0 Å². The molecule has 3 heterocycles. The summed E-state index contributed by atoms with van der Waals surface area (Å²) in [5.74, 6) is 1.36. The summed E-state index contributed by atoms with van der Waals surface area (Å²) in [6, 6.07) is 10.2. The second-order valence-electron chi connectivity index (χ2n) is 7.50. The van der Waals surface area contributed by atoms with Gasteiger partial charge in [0.25, 0.3) is 0 Å². The highest BCUT2D eigenvalue weighted by molar-refractivity contribution is 6.30. The van der Waals surface area contributed by atoms with E-state index in [1.165, 1.54) is 5.56 Å². The number of aryl methyl sites for hydroxylation is 2. The van der Waals surface area contributed by atoms with E-state index in [1.807, 2.05) is 25.2 Å². The molecule has 0 radical (unpaired) electrons. The Labute approximate surface area is 176 Å². The SMILES string of the molecule is CCc1nn(C)c(Cl)c1CN1CCN(Cc2nnc(Cc3ccccc3)o2)CC1. The molecule has 0 unspecified atom stereocenters. The largest absolute Gasteiger partial charge is 0.424 e. The van der Waals surface area contributed by atoms with Crippen molar-refractivity contribution in [2.24, 2.45) is 7.05 Å². The Bertz CT molecular complexity index is 930. The second-order valence-corrected chi connectivity index (χ2v) is 7.86. The maximum atomic E-state index is 6.44.